The number of alkyl halides is 3. The third-order valence-electron chi connectivity index (χ3n) is 6.78. The van der Waals surface area contributed by atoms with Crippen LogP contribution in [0, 0.1) is 5.82 Å². The van der Waals surface area contributed by atoms with Gasteiger partial charge in [-0.1, -0.05) is 24.3 Å². The van der Waals surface area contributed by atoms with Gasteiger partial charge in [0.05, 0.1) is 30.7 Å². The molecule has 0 radical (unpaired) electrons. The van der Waals surface area contributed by atoms with Gasteiger partial charge in [-0.3, -0.25) is 14.4 Å². The van der Waals surface area contributed by atoms with Gasteiger partial charge < -0.3 is 31.1 Å². The number of fused-ring (bicyclic) bond motifs is 13. The zero-order chi connectivity index (χ0) is 30.2. The van der Waals surface area contributed by atoms with Crippen molar-refractivity contribution in [1.82, 2.24) is 15.5 Å². The van der Waals surface area contributed by atoms with E-state index in [-0.39, 0.29) is 38.3 Å². The minimum atomic E-state index is -4.50. The van der Waals surface area contributed by atoms with E-state index in [2.05, 4.69) is 10.6 Å². The van der Waals surface area contributed by atoms with Gasteiger partial charge in [0.2, 0.25) is 17.7 Å². The smallest absolute Gasteiger partial charge is 0.416 e. The Hall–Kier alpha value is -3.71. The topological polar surface area (TPSA) is 134 Å². The number of aliphatic hydroxyl groups excluding tert-OH is 1. The van der Waals surface area contributed by atoms with Crippen LogP contribution in [-0.4, -0.2) is 66.1 Å². The highest BCUT2D eigenvalue weighted by Gasteiger charge is 2.32. The summed E-state index contributed by atoms with van der Waals surface area (Å²) in [5, 5.41) is 16.5. The second kappa shape index (κ2) is 14.3. The van der Waals surface area contributed by atoms with Crippen LogP contribution in [-0.2, 0) is 33.5 Å². The molecule has 224 valence electrons. The summed E-state index contributed by atoms with van der Waals surface area (Å²) in [6, 6.07) is 6.66. The monoisotopic (exact) mass is 582 g/mol. The van der Waals surface area contributed by atoms with Crippen LogP contribution >= 0.6 is 0 Å². The Bertz CT molecular complexity index is 1230. The lowest BCUT2D eigenvalue weighted by Crippen LogP contribution is -2.55. The van der Waals surface area contributed by atoms with Crippen molar-refractivity contribution >= 4 is 17.7 Å². The number of hydrogen-bond donors (Lipinski definition) is 4. The maximum Gasteiger partial charge on any atom is 0.416 e. The predicted octanol–water partition coefficient (Wildman–Crippen LogP) is 2.29. The molecule has 0 aromatic heterocycles. The van der Waals surface area contributed by atoms with Crippen LogP contribution in [0.3, 0.4) is 0 Å². The zero-order valence-electron chi connectivity index (χ0n) is 22.5. The Morgan fingerprint density at radius 3 is 2.66 bits per heavy atom. The van der Waals surface area contributed by atoms with E-state index >= 15 is 0 Å². The molecule has 2 aliphatic rings. The average Bonchev–Trinajstić information content (AvgIpc) is 2.90. The van der Waals surface area contributed by atoms with Gasteiger partial charge in [0.1, 0.15) is 6.04 Å². The molecule has 9 nitrogen and oxygen atoms in total. The summed E-state index contributed by atoms with van der Waals surface area (Å²) in [5.74, 6) is -2.58. The Labute approximate surface area is 235 Å². The third kappa shape index (κ3) is 9.42. The zero-order valence-corrected chi connectivity index (χ0v) is 22.5. The number of rotatable bonds is 7. The van der Waals surface area contributed by atoms with Crippen molar-refractivity contribution < 1.29 is 41.8 Å². The van der Waals surface area contributed by atoms with Crippen LogP contribution in [0.2, 0.25) is 0 Å². The minimum absolute atomic E-state index is 0.0101. The van der Waals surface area contributed by atoms with Crippen LogP contribution in [0.1, 0.15) is 42.4 Å². The summed E-state index contributed by atoms with van der Waals surface area (Å²) in [5.41, 5.74) is 5.28. The first-order chi connectivity index (χ1) is 19.3. The van der Waals surface area contributed by atoms with Gasteiger partial charge in [-0.2, -0.15) is 13.2 Å². The summed E-state index contributed by atoms with van der Waals surface area (Å²) < 4.78 is 59.3. The SMILES string of the molecule is CN1C(=O)CCCCOc2ccc(cc2F)C[C@@H]([C@H](O)CNCc2cccc(C(F)(F)F)c2)NC(=O)[C@@H]1CC(N)=O. The molecule has 5 N–H and O–H groups in total. The molecule has 2 heterocycles. The molecule has 2 aliphatic heterocycles. The number of nitrogens with zero attached hydrogens (tertiary/aromatic N) is 1. The van der Waals surface area contributed by atoms with Gasteiger partial charge in [0.15, 0.2) is 11.6 Å². The summed E-state index contributed by atoms with van der Waals surface area (Å²) >= 11 is 0. The number of ether oxygens (including phenoxy) is 1. The second-order valence-corrected chi connectivity index (χ2v) is 9.98. The predicted molar refractivity (Wildman–Crippen MR) is 141 cm³/mol. The largest absolute Gasteiger partial charge is 0.491 e. The first kappa shape index (κ1) is 31.8. The molecule has 3 amide bonds. The fourth-order valence-corrected chi connectivity index (χ4v) is 4.48. The maximum absolute atomic E-state index is 14.7. The van der Waals surface area contributed by atoms with Gasteiger partial charge in [-0.05, 0) is 48.6 Å². The molecule has 0 spiro atoms. The van der Waals surface area contributed by atoms with Gasteiger partial charge in [-0.25, -0.2) is 4.39 Å². The molecule has 2 bridgehead atoms. The number of amides is 3. The molecule has 2 aromatic carbocycles. The summed E-state index contributed by atoms with van der Waals surface area (Å²) in [4.78, 5) is 38.9. The van der Waals surface area contributed by atoms with Crippen LogP contribution < -0.4 is 21.1 Å². The van der Waals surface area contributed by atoms with Crippen LogP contribution in [0.15, 0.2) is 42.5 Å². The van der Waals surface area contributed by atoms with Crippen molar-refractivity contribution in [3.05, 3.63) is 65.0 Å². The number of nitrogens with two attached hydrogens (primary N) is 1. The molecule has 2 aromatic rings. The van der Waals surface area contributed by atoms with Gasteiger partial charge >= 0.3 is 6.18 Å². The summed E-state index contributed by atoms with van der Waals surface area (Å²) in [6.07, 6.45) is -5.40. The number of halogens is 4. The van der Waals surface area contributed by atoms with E-state index in [1.54, 1.807) is 6.07 Å². The fraction of sp³-hybridized carbons (Fsp3) is 0.464. The molecule has 4 rings (SSSR count). The lowest BCUT2D eigenvalue weighted by atomic mass is 9.99. The van der Waals surface area contributed by atoms with E-state index in [0.717, 1.165) is 17.0 Å². The first-order valence-corrected chi connectivity index (χ1v) is 13.2. The molecule has 0 fully saturated rings. The third-order valence-corrected chi connectivity index (χ3v) is 6.78. The van der Waals surface area contributed by atoms with Crippen molar-refractivity contribution in [3.8, 4) is 5.75 Å². The van der Waals surface area contributed by atoms with Crippen LogP contribution in [0.4, 0.5) is 17.6 Å². The summed E-state index contributed by atoms with van der Waals surface area (Å²) in [6.45, 7) is 0.00131. The van der Waals surface area contributed by atoms with E-state index in [1.807, 2.05) is 0 Å². The second-order valence-electron chi connectivity index (χ2n) is 9.98. The van der Waals surface area contributed by atoms with E-state index < -0.39 is 59.9 Å². The lowest BCUT2D eigenvalue weighted by molar-refractivity contribution is -0.141. The Kier molecular flexibility index (Phi) is 11.1. The number of benzene rings is 2. The minimum Gasteiger partial charge on any atom is -0.491 e. The molecular weight excluding hydrogens is 548 g/mol. The maximum atomic E-state index is 14.7. The van der Waals surface area contributed by atoms with E-state index in [0.29, 0.717) is 24.0 Å². The van der Waals surface area contributed by atoms with E-state index in [9.17, 15) is 37.1 Å². The summed E-state index contributed by atoms with van der Waals surface area (Å²) in [7, 11) is 1.38. The number of nitrogens with one attached hydrogen (secondary N) is 2. The number of primary amides is 1. The molecular formula is C28H34F4N4O5. The number of hydrogen-bond acceptors (Lipinski definition) is 6. The van der Waals surface area contributed by atoms with Crippen LogP contribution in [0.25, 0.3) is 0 Å². The Morgan fingerprint density at radius 1 is 1.22 bits per heavy atom. The van der Waals surface area contributed by atoms with Crippen molar-refractivity contribution in [3.63, 3.8) is 0 Å². The highest BCUT2D eigenvalue weighted by molar-refractivity contribution is 5.91. The Balaban J connectivity index is 1.82. The van der Waals surface area contributed by atoms with Crippen LogP contribution in [0.5, 0.6) is 5.75 Å². The highest BCUT2D eigenvalue weighted by Crippen LogP contribution is 2.29. The first-order valence-electron chi connectivity index (χ1n) is 13.2. The number of carbonyl (C=O) groups is 3. The standard InChI is InChI=1S/C28H34F4N4O5/c1-36-22(14-25(33)38)27(40)35-21(23(37)16-34-15-18-5-4-6-19(11-18)28(30,31)32)13-17-8-9-24(20(29)12-17)41-10-3-2-7-26(36)39/h4-6,8-9,11-12,21-23,34,37H,2-3,7,10,13-16H2,1H3,(H2,33,38)(H,35,40)/t21-,22-,23+/m0/s1. The molecule has 0 saturated carbocycles. The molecule has 0 aliphatic carbocycles. The number of carbonyl (C=O) groups excluding carboxylic acids is 3. The van der Waals surface area contributed by atoms with Gasteiger partial charge in [0, 0.05) is 26.6 Å². The molecule has 0 saturated heterocycles. The van der Waals surface area contributed by atoms with Gasteiger partial charge in [0.25, 0.3) is 0 Å². The molecule has 13 heteroatoms. The van der Waals surface area contributed by atoms with Crippen molar-refractivity contribution in [1.29, 1.82) is 0 Å². The number of likely N-dealkylation sites (N-methyl/N-ethyl adjacent to an activating group) is 1. The lowest BCUT2D eigenvalue weighted by Gasteiger charge is -2.31. The molecule has 0 unspecified atom stereocenters. The van der Waals surface area contributed by atoms with Crippen molar-refractivity contribution in [2.75, 3.05) is 20.2 Å². The van der Waals surface area contributed by atoms with E-state index in [4.69, 9.17) is 10.5 Å². The average molecular weight is 583 g/mol. The fourth-order valence-electron chi connectivity index (χ4n) is 4.48. The number of aliphatic hydroxyl groups is 1. The van der Waals surface area contributed by atoms with E-state index in [1.165, 1.54) is 31.3 Å². The molecule has 3 atom stereocenters. The normalized spacial score (nSPS) is 19.9. The van der Waals surface area contributed by atoms with Crippen molar-refractivity contribution in [2.45, 2.75) is 63.0 Å². The molecule has 41 heavy (non-hydrogen) atoms. The van der Waals surface area contributed by atoms with Crippen molar-refractivity contribution in [2.24, 2.45) is 5.73 Å². The highest BCUT2D eigenvalue weighted by atomic mass is 19.4. The Morgan fingerprint density at radius 2 is 1.98 bits per heavy atom. The quantitative estimate of drug-likeness (QED) is 0.371. The van der Waals surface area contributed by atoms with Gasteiger partial charge in [-0.15, -0.1) is 0 Å².